The van der Waals surface area contributed by atoms with E-state index in [0.717, 1.165) is 28.3 Å². The number of nitrogens with zero attached hydrogens (tertiary/aromatic N) is 2. The fraction of sp³-hybridized carbons (Fsp3) is 0.375. The molecule has 3 aromatic carbocycles. The lowest BCUT2D eigenvalue weighted by Gasteiger charge is -2.33. The number of nitrogens with one attached hydrogen (secondary N) is 1. The highest BCUT2D eigenvalue weighted by atomic mass is 35.5. The highest BCUT2D eigenvalue weighted by molar-refractivity contribution is 7.92. The number of para-hydroxylation sites is 2. The third kappa shape index (κ3) is 8.49. The van der Waals surface area contributed by atoms with Crippen LogP contribution in [-0.4, -0.2) is 50.9 Å². The summed E-state index contributed by atoms with van der Waals surface area (Å²) in [6.45, 7) is 8.02. The largest absolute Gasteiger partial charge is 0.492 e. The molecule has 0 radical (unpaired) electrons. The Labute approximate surface area is 254 Å². The lowest BCUT2D eigenvalue weighted by atomic mass is 10.1. The van der Waals surface area contributed by atoms with Gasteiger partial charge in [0.15, 0.2) is 0 Å². The number of unbranched alkanes of at least 4 members (excludes halogenated alkanes) is 1. The number of ether oxygens (including phenoxy) is 1. The van der Waals surface area contributed by atoms with Crippen LogP contribution in [0, 0.1) is 6.92 Å². The monoisotopic (exact) mass is 613 g/mol. The van der Waals surface area contributed by atoms with Gasteiger partial charge >= 0.3 is 0 Å². The molecule has 3 rings (SSSR count). The van der Waals surface area contributed by atoms with Crippen molar-refractivity contribution in [1.82, 2.24) is 10.2 Å². The van der Waals surface area contributed by atoms with Crippen molar-refractivity contribution in [3.05, 3.63) is 88.9 Å². The third-order valence-electron chi connectivity index (χ3n) is 6.77. The maximum absolute atomic E-state index is 14.2. The van der Waals surface area contributed by atoms with Crippen LogP contribution in [0.15, 0.2) is 77.7 Å². The van der Waals surface area contributed by atoms with Crippen LogP contribution in [0.5, 0.6) is 5.75 Å². The van der Waals surface area contributed by atoms with Crippen LogP contribution in [0.4, 0.5) is 5.69 Å². The molecule has 0 aliphatic carbocycles. The molecule has 10 heteroatoms. The van der Waals surface area contributed by atoms with Crippen LogP contribution in [0.3, 0.4) is 0 Å². The molecule has 0 heterocycles. The Morgan fingerprint density at radius 1 is 0.976 bits per heavy atom. The predicted molar refractivity (Wildman–Crippen MR) is 167 cm³/mol. The molecule has 2 amide bonds. The third-order valence-corrected chi connectivity index (χ3v) is 8.79. The molecule has 1 N–H and O–H groups in total. The van der Waals surface area contributed by atoms with Gasteiger partial charge in [0.1, 0.15) is 18.3 Å². The maximum Gasteiger partial charge on any atom is 0.264 e. The Morgan fingerprint density at radius 2 is 1.69 bits per heavy atom. The van der Waals surface area contributed by atoms with Gasteiger partial charge in [-0.15, -0.1) is 0 Å². The zero-order chi connectivity index (χ0) is 30.7. The number of rotatable bonds is 15. The standard InChI is InChI=1S/C32H40ClN3O5S/c1-5-8-20-34-32(38)28(6-2)35(22-25-13-11-12-24(4)21-25)31(37)23-36(29-14-9-10-15-30(29)41-7-3)42(39,40)27-18-16-26(33)17-19-27/h9-19,21,28H,5-8,20,22-23H2,1-4H3,(H,34,38)/t28-/m1/s1. The van der Waals surface area contributed by atoms with E-state index in [1.807, 2.05) is 45.0 Å². The summed E-state index contributed by atoms with van der Waals surface area (Å²) < 4.78 is 35.0. The van der Waals surface area contributed by atoms with Crippen molar-refractivity contribution in [2.24, 2.45) is 0 Å². The van der Waals surface area contributed by atoms with E-state index in [4.69, 9.17) is 16.3 Å². The highest BCUT2D eigenvalue weighted by Gasteiger charge is 2.34. The fourth-order valence-corrected chi connectivity index (χ4v) is 6.17. The van der Waals surface area contributed by atoms with E-state index < -0.39 is 28.5 Å². The van der Waals surface area contributed by atoms with E-state index in [-0.39, 0.29) is 23.0 Å². The van der Waals surface area contributed by atoms with Crippen LogP contribution in [0.2, 0.25) is 5.02 Å². The van der Waals surface area contributed by atoms with Crippen molar-refractivity contribution < 1.29 is 22.7 Å². The molecule has 1 atom stereocenters. The van der Waals surface area contributed by atoms with Crippen molar-refractivity contribution >= 4 is 39.1 Å². The number of aryl methyl sites for hydroxylation is 1. The molecule has 0 aliphatic heterocycles. The van der Waals surface area contributed by atoms with Crippen molar-refractivity contribution in [2.45, 2.75) is 64.4 Å². The quantitative estimate of drug-likeness (QED) is 0.213. The SMILES string of the molecule is CCCCNC(=O)[C@@H](CC)N(Cc1cccc(C)c1)C(=O)CN(c1ccccc1OCC)S(=O)(=O)c1ccc(Cl)cc1. The summed E-state index contributed by atoms with van der Waals surface area (Å²) in [7, 11) is -4.24. The lowest BCUT2D eigenvalue weighted by Crippen LogP contribution is -2.52. The molecule has 3 aromatic rings. The summed E-state index contributed by atoms with van der Waals surface area (Å²) in [6, 6.07) is 19.4. The van der Waals surface area contributed by atoms with E-state index in [1.54, 1.807) is 31.2 Å². The topological polar surface area (TPSA) is 96.0 Å². The first-order chi connectivity index (χ1) is 20.1. The van der Waals surface area contributed by atoms with Gasteiger partial charge < -0.3 is 15.0 Å². The molecule has 0 spiro atoms. The van der Waals surface area contributed by atoms with Gasteiger partial charge in [0, 0.05) is 18.1 Å². The zero-order valence-corrected chi connectivity index (χ0v) is 26.2. The van der Waals surface area contributed by atoms with Crippen molar-refractivity contribution in [3.63, 3.8) is 0 Å². The van der Waals surface area contributed by atoms with E-state index in [0.29, 0.717) is 30.3 Å². The molecule has 0 aromatic heterocycles. The number of hydrogen-bond acceptors (Lipinski definition) is 5. The fourth-order valence-electron chi connectivity index (χ4n) is 4.62. The maximum atomic E-state index is 14.2. The number of hydrogen-bond donors (Lipinski definition) is 1. The first-order valence-corrected chi connectivity index (χ1v) is 16.1. The minimum absolute atomic E-state index is 0.0272. The highest BCUT2D eigenvalue weighted by Crippen LogP contribution is 2.33. The minimum atomic E-state index is -4.24. The predicted octanol–water partition coefficient (Wildman–Crippen LogP) is 5.97. The summed E-state index contributed by atoms with van der Waals surface area (Å²) in [5.41, 5.74) is 2.07. The lowest BCUT2D eigenvalue weighted by molar-refractivity contribution is -0.140. The van der Waals surface area contributed by atoms with E-state index in [9.17, 15) is 18.0 Å². The Kier molecular flexibility index (Phi) is 12.2. The summed E-state index contributed by atoms with van der Waals surface area (Å²) in [6.07, 6.45) is 2.09. The van der Waals surface area contributed by atoms with Gasteiger partial charge in [0.2, 0.25) is 11.8 Å². The number of anilines is 1. The van der Waals surface area contributed by atoms with Crippen LogP contribution >= 0.6 is 11.6 Å². The van der Waals surface area contributed by atoms with Gasteiger partial charge in [0.25, 0.3) is 10.0 Å². The summed E-state index contributed by atoms with van der Waals surface area (Å²) in [4.78, 5) is 29.0. The van der Waals surface area contributed by atoms with Gasteiger partial charge in [-0.2, -0.15) is 0 Å². The van der Waals surface area contributed by atoms with Gasteiger partial charge in [-0.3, -0.25) is 13.9 Å². The van der Waals surface area contributed by atoms with Crippen LogP contribution in [-0.2, 0) is 26.2 Å². The summed E-state index contributed by atoms with van der Waals surface area (Å²) >= 11 is 6.04. The molecule has 42 heavy (non-hydrogen) atoms. The second kappa shape index (κ2) is 15.6. The molecule has 0 unspecified atom stereocenters. The van der Waals surface area contributed by atoms with Crippen LogP contribution < -0.4 is 14.4 Å². The first-order valence-electron chi connectivity index (χ1n) is 14.2. The summed E-state index contributed by atoms with van der Waals surface area (Å²) in [5.74, 6) is -0.466. The Balaban J connectivity index is 2.09. The number of carbonyl (C=O) groups excluding carboxylic acids is 2. The van der Waals surface area contributed by atoms with Crippen molar-refractivity contribution in [3.8, 4) is 5.75 Å². The smallest absolute Gasteiger partial charge is 0.264 e. The van der Waals surface area contributed by atoms with E-state index in [2.05, 4.69) is 5.32 Å². The van der Waals surface area contributed by atoms with Crippen LogP contribution in [0.25, 0.3) is 0 Å². The molecule has 0 fully saturated rings. The molecule has 0 saturated heterocycles. The minimum Gasteiger partial charge on any atom is -0.492 e. The molecule has 226 valence electrons. The number of carbonyl (C=O) groups is 2. The number of sulfonamides is 1. The normalized spacial score (nSPS) is 11.9. The summed E-state index contributed by atoms with van der Waals surface area (Å²) in [5, 5.41) is 3.33. The number of benzene rings is 3. The van der Waals surface area contributed by atoms with Gasteiger partial charge in [-0.05, 0) is 68.7 Å². The molecule has 8 nitrogen and oxygen atoms in total. The molecular weight excluding hydrogens is 574 g/mol. The average molecular weight is 614 g/mol. The molecular formula is C32H40ClN3O5S. The number of halogens is 1. The van der Waals surface area contributed by atoms with Gasteiger partial charge in [0.05, 0.1) is 17.2 Å². The van der Waals surface area contributed by atoms with E-state index in [1.165, 1.54) is 29.2 Å². The van der Waals surface area contributed by atoms with Gasteiger partial charge in [-0.25, -0.2) is 8.42 Å². The number of amides is 2. The van der Waals surface area contributed by atoms with E-state index >= 15 is 0 Å². The second-order valence-corrected chi connectivity index (χ2v) is 12.2. The second-order valence-electron chi connectivity index (χ2n) is 9.95. The first kappa shape index (κ1) is 32.9. The molecule has 0 aliphatic rings. The zero-order valence-electron chi connectivity index (χ0n) is 24.7. The molecule has 0 bridgehead atoms. The Morgan fingerprint density at radius 3 is 2.33 bits per heavy atom. The molecule has 0 saturated carbocycles. The Bertz CT molecular complexity index is 1450. The van der Waals surface area contributed by atoms with Crippen LogP contribution in [0.1, 0.15) is 51.2 Å². The average Bonchev–Trinajstić information content (AvgIpc) is 2.96. The van der Waals surface area contributed by atoms with Crippen molar-refractivity contribution in [1.29, 1.82) is 0 Å². The van der Waals surface area contributed by atoms with Gasteiger partial charge in [-0.1, -0.05) is 73.8 Å². The Hall–Kier alpha value is -3.56. The van der Waals surface area contributed by atoms with Crippen molar-refractivity contribution in [2.75, 3.05) is 24.0 Å².